The van der Waals surface area contributed by atoms with Gasteiger partial charge in [-0.2, -0.15) is 0 Å². The summed E-state index contributed by atoms with van der Waals surface area (Å²) in [6.45, 7) is 0.490. The molecule has 118 valence electrons. The normalized spacial score (nSPS) is 20.4. The number of hydrogen-bond donors (Lipinski definition) is 0. The fourth-order valence-corrected chi connectivity index (χ4v) is 4.68. The highest BCUT2D eigenvalue weighted by atomic mass is 32.2. The number of fused-ring (bicyclic) bond motifs is 1. The van der Waals surface area contributed by atoms with E-state index in [1.807, 2.05) is 0 Å². The van der Waals surface area contributed by atoms with Crippen molar-refractivity contribution in [3.8, 4) is 0 Å². The lowest BCUT2D eigenvalue weighted by molar-refractivity contribution is 0.510. The van der Waals surface area contributed by atoms with Gasteiger partial charge in [0.1, 0.15) is 12.1 Å². The molecular formula is C14H15F2N3O2S. The Morgan fingerprint density at radius 2 is 2.00 bits per heavy atom. The molecule has 1 saturated heterocycles. The highest BCUT2D eigenvalue weighted by Crippen LogP contribution is 2.27. The summed E-state index contributed by atoms with van der Waals surface area (Å²) in [5, 5.41) is 0.407. The summed E-state index contributed by atoms with van der Waals surface area (Å²) < 4.78 is 49.8. The monoisotopic (exact) mass is 327 g/mol. The molecule has 1 fully saturated rings. The first-order valence-electron chi connectivity index (χ1n) is 6.87. The molecule has 0 bridgehead atoms. The minimum atomic E-state index is -2.95. The van der Waals surface area contributed by atoms with Gasteiger partial charge in [-0.25, -0.2) is 27.2 Å². The van der Waals surface area contributed by atoms with E-state index in [0.717, 1.165) is 12.1 Å². The van der Waals surface area contributed by atoms with Crippen molar-refractivity contribution in [2.24, 2.45) is 5.92 Å². The average Bonchev–Trinajstić information content (AvgIpc) is 2.78. The zero-order valence-electron chi connectivity index (χ0n) is 12.0. The molecule has 1 atom stereocenters. The van der Waals surface area contributed by atoms with Crippen LogP contribution >= 0.6 is 0 Å². The molecule has 0 unspecified atom stereocenters. The third-order valence-electron chi connectivity index (χ3n) is 3.88. The SMILES string of the molecule is CN(C[C@@H]1CCS(=O)(=O)C1)c1ncnc2cc(F)c(F)cc12. The molecule has 0 saturated carbocycles. The summed E-state index contributed by atoms with van der Waals surface area (Å²) in [6, 6.07) is 2.10. The lowest BCUT2D eigenvalue weighted by Crippen LogP contribution is -2.27. The predicted molar refractivity (Wildman–Crippen MR) is 79.5 cm³/mol. The quantitative estimate of drug-likeness (QED) is 0.860. The molecule has 1 aliphatic rings. The Morgan fingerprint density at radius 3 is 2.68 bits per heavy atom. The fourth-order valence-electron chi connectivity index (χ4n) is 2.83. The summed E-state index contributed by atoms with van der Waals surface area (Å²) in [7, 11) is -1.19. The van der Waals surface area contributed by atoms with Gasteiger partial charge in [0.25, 0.3) is 0 Å². The molecule has 22 heavy (non-hydrogen) atoms. The maximum absolute atomic E-state index is 13.5. The summed E-state index contributed by atoms with van der Waals surface area (Å²) in [5.74, 6) is -1.07. The van der Waals surface area contributed by atoms with Crippen molar-refractivity contribution in [3.05, 3.63) is 30.1 Å². The lowest BCUT2D eigenvalue weighted by atomic mass is 10.1. The fraction of sp³-hybridized carbons (Fsp3) is 0.429. The molecule has 1 aromatic heterocycles. The van der Waals surface area contributed by atoms with Gasteiger partial charge >= 0.3 is 0 Å². The van der Waals surface area contributed by atoms with Crippen LogP contribution in [-0.4, -0.2) is 43.5 Å². The largest absolute Gasteiger partial charge is 0.359 e. The lowest BCUT2D eigenvalue weighted by Gasteiger charge is -2.22. The van der Waals surface area contributed by atoms with Crippen molar-refractivity contribution in [1.29, 1.82) is 0 Å². The van der Waals surface area contributed by atoms with Crippen LogP contribution in [0.4, 0.5) is 14.6 Å². The van der Waals surface area contributed by atoms with E-state index in [1.54, 1.807) is 11.9 Å². The number of aromatic nitrogens is 2. The first-order valence-corrected chi connectivity index (χ1v) is 8.69. The number of benzene rings is 1. The van der Waals surface area contributed by atoms with E-state index in [9.17, 15) is 17.2 Å². The Morgan fingerprint density at radius 1 is 1.27 bits per heavy atom. The average molecular weight is 327 g/mol. The standard InChI is InChI=1S/C14H15F2N3O2S/c1-19(6-9-2-3-22(20,21)7-9)14-10-4-11(15)12(16)5-13(10)17-8-18-14/h4-5,8-9H,2-3,6-7H2,1H3/t9-/m0/s1. The van der Waals surface area contributed by atoms with Crippen molar-refractivity contribution >= 4 is 26.6 Å². The van der Waals surface area contributed by atoms with E-state index in [-0.39, 0.29) is 17.4 Å². The van der Waals surface area contributed by atoms with Gasteiger partial charge in [0.15, 0.2) is 21.5 Å². The van der Waals surface area contributed by atoms with E-state index in [4.69, 9.17) is 0 Å². The van der Waals surface area contributed by atoms with Gasteiger partial charge in [-0.1, -0.05) is 0 Å². The van der Waals surface area contributed by atoms with E-state index in [0.29, 0.717) is 29.7 Å². The maximum atomic E-state index is 13.5. The van der Waals surface area contributed by atoms with Crippen LogP contribution in [-0.2, 0) is 9.84 Å². The van der Waals surface area contributed by atoms with Crippen LogP contribution in [0.5, 0.6) is 0 Å². The number of hydrogen-bond acceptors (Lipinski definition) is 5. The second kappa shape index (κ2) is 5.42. The van der Waals surface area contributed by atoms with Gasteiger partial charge in [0, 0.05) is 25.0 Å². The second-order valence-electron chi connectivity index (χ2n) is 5.63. The van der Waals surface area contributed by atoms with Crippen LogP contribution in [0.3, 0.4) is 0 Å². The Kier molecular flexibility index (Phi) is 3.72. The topological polar surface area (TPSA) is 63.2 Å². The highest BCUT2D eigenvalue weighted by molar-refractivity contribution is 7.91. The zero-order valence-corrected chi connectivity index (χ0v) is 12.8. The summed E-state index contributed by atoms with van der Waals surface area (Å²) >= 11 is 0. The molecule has 5 nitrogen and oxygen atoms in total. The number of halogens is 2. The van der Waals surface area contributed by atoms with E-state index < -0.39 is 21.5 Å². The van der Waals surface area contributed by atoms with Crippen LogP contribution in [0.25, 0.3) is 10.9 Å². The van der Waals surface area contributed by atoms with Crippen LogP contribution in [0, 0.1) is 17.6 Å². The maximum Gasteiger partial charge on any atom is 0.161 e. The van der Waals surface area contributed by atoms with Gasteiger partial charge in [0.05, 0.1) is 17.0 Å². The molecule has 0 radical (unpaired) electrons. The number of nitrogens with zero attached hydrogens (tertiary/aromatic N) is 3. The van der Waals surface area contributed by atoms with Gasteiger partial charge in [-0.3, -0.25) is 0 Å². The van der Waals surface area contributed by atoms with Gasteiger partial charge in [-0.05, 0) is 18.4 Å². The van der Waals surface area contributed by atoms with Crippen molar-refractivity contribution in [1.82, 2.24) is 9.97 Å². The Balaban J connectivity index is 1.91. The number of anilines is 1. The molecule has 1 aromatic carbocycles. The molecule has 2 aromatic rings. The third kappa shape index (κ3) is 2.87. The smallest absolute Gasteiger partial charge is 0.161 e. The molecule has 0 amide bonds. The number of rotatable bonds is 3. The Bertz CT molecular complexity index is 826. The highest BCUT2D eigenvalue weighted by Gasteiger charge is 2.29. The van der Waals surface area contributed by atoms with Crippen molar-refractivity contribution in [2.45, 2.75) is 6.42 Å². The Labute approximate surface area is 126 Å². The molecule has 0 N–H and O–H groups in total. The molecule has 8 heteroatoms. The van der Waals surface area contributed by atoms with E-state index >= 15 is 0 Å². The molecule has 2 heterocycles. The minimum Gasteiger partial charge on any atom is -0.359 e. The summed E-state index contributed by atoms with van der Waals surface area (Å²) in [4.78, 5) is 9.84. The molecular weight excluding hydrogens is 312 g/mol. The molecule has 0 spiro atoms. The van der Waals surface area contributed by atoms with E-state index in [1.165, 1.54) is 6.33 Å². The second-order valence-corrected chi connectivity index (χ2v) is 7.86. The Hall–Kier alpha value is -1.83. The van der Waals surface area contributed by atoms with Gasteiger partial charge in [-0.15, -0.1) is 0 Å². The molecule has 0 aliphatic carbocycles. The van der Waals surface area contributed by atoms with Crippen molar-refractivity contribution in [3.63, 3.8) is 0 Å². The van der Waals surface area contributed by atoms with Crippen LogP contribution < -0.4 is 4.90 Å². The molecule has 1 aliphatic heterocycles. The van der Waals surface area contributed by atoms with Crippen molar-refractivity contribution < 1.29 is 17.2 Å². The first kappa shape index (κ1) is 15.1. The van der Waals surface area contributed by atoms with Crippen LogP contribution in [0.15, 0.2) is 18.5 Å². The molecule has 3 rings (SSSR count). The number of sulfone groups is 1. The van der Waals surface area contributed by atoms with E-state index in [2.05, 4.69) is 9.97 Å². The minimum absolute atomic E-state index is 0.0188. The summed E-state index contributed by atoms with van der Waals surface area (Å²) in [6.07, 6.45) is 1.90. The van der Waals surface area contributed by atoms with Crippen LogP contribution in [0.2, 0.25) is 0 Å². The predicted octanol–water partition coefficient (Wildman–Crippen LogP) is 1.78. The van der Waals surface area contributed by atoms with Gasteiger partial charge in [0.2, 0.25) is 0 Å². The van der Waals surface area contributed by atoms with Crippen LogP contribution in [0.1, 0.15) is 6.42 Å². The van der Waals surface area contributed by atoms with Crippen molar-refractivity contribution in [2.75, 3.05) is 30.0 Å². The van der Waals surface area contributed by atoms with Gasteiger partial charge < -0.3 is 4.90 Å². The third-order valence-corrected chi connectivity index (χ3v) is 5.71. The zero-order chi connectivity index (χ0) is 15.9. The summed E-state index contributed by atoms with van der Waals surface area (Å²) in [5.41, 5.74) is 0.315. The first-order chi connectivity index (χ1) is 10.4.